The van der Waals surface area contributed by atoms with Crippen LogP contribution in [0.2, 0.25) is 0 Å². The lowest BCUT2D eigenvalue weighted by Gasteiger charge is -2.47. The highest BCUT2D eigenvalue weighted by Gasteiger charge is 2.46. The SMILES string of the molecule is CC(C)(C(N)C1CCOC2(CCOC2)C1)N1CCCC1. The van der Waals surface area contributed by atoms with Crippen LogP contribution in [0.15, 0.2) is 0 Å². The highest BCUT2D eigenvalue weighted by molar-refractivity contribution is 5.01. The first kappa shape index (κ1) is 14.8. The van der Waals surface area contributed by atoms with Gasteiger partial charge in [0.1, 0.15) is 0 Å². The van der Waals surface area contributed by atoms with Gasteiger partial charge in [-0.15, -0.1) is 0 Å². The summed E-state index contributed by atoms with van der Waals surface area (Å²) < 4.78 is 11.6. The molecule has 3 saturated heterocycles. The van der Waals surface area contributed by atoms with Crippen LogP contribution in [0.5, 0.6) is 0 Å². The summed E-state index contributed by atoms with van der Waals surface area (Å²) in [6.07, 6.45) is 5.86. The Balaban J connectivity index is 1.67. The third kappa shape index (κ3) is 2.63. The molecule has 0 amide bonds. The predicted molar refractivity (Wildman–Crippen MR) is 79.7 cm³/mol. The molecule has 3 heterocycles. The molecule has 3 aliphatic rings. The molecule has 0 saturated carbocycles. The third-order valence-electron chi connectivity index (χ3n) is 5.84. The minimum Gasteiger partial charge on any atom is -0.378 e. The molecule has 116 valence electrons. The van der Waals surface area contributed by atoms with E-state index in [-0.39, 0.29) is 17.2 Å². The van der Waals surface area contributed by atoms with Crippen molar-refractivity contribution in [3.8, 4) is 0 Å². The molecule has 3 rings (SSSR count). The average Bonchev–Trinajstić information content (AvgIpc) is 3.10. The van der Waals surface area contributed by atoms with Crippen LogP contribution in [0.3, 0.4) is 0 Å². The minimum atomic E-state index is -0.0262. The molecule has 3 atom stereocenters. The van der Waals surface area contributed by atoms with Gasteiger partial charge in [-0.25, -0.2) is 0 Å². The molecule has 0 aromatic heterocycles. The van der Waals surface area contributed by atoms with Gasteiger partial charge in [-0.1, -0.05) is 0 Å². The molecule has 3 aliphatic heterocycles. The molecule has 4 heteroatoms. The van der Waals surface area contributed by atoms with Gasteiger partial charge in [-0.3, -0.25) is 4.90 Å². The van der Waals surface area contributed by atoms with Gasteiger partial charge in [-0.2, -0.15) is 0 Å². The second kappa shape index (κ2) is 5.56. The van der Waals surface area contributed by atoms with Crippen molar-refractivity contribution in [2.75, 3.05) is 32.9 Å². The van der Waals surface area contributed by atoms with Gasteiger partial charge in [-0.05, 0) is 58.5 Å². The number of nitrogens with two attached hydrogens (primary N) is 1. The average molecular weight is 282 g/mol. The monoisotopic (exact) mass is 282 g/mol. The molecular formula is C16H30N2O2. The lowest BCUT2D eigenvalue weighted by atomic mass is 9.75. The number of rotatable bonds is 3. The standard InChI is InChI=1S/C16H30N2O2/c1-15(2,18-7-3-4-8-18)14(17)13-5-9-20-16(11-13)6-10-19-12-16/h13-14H,3-12,17H2,1-2H3. The van der Waals surface area contributed by atoms with Crippen LogP contribution in [0.1, 0.15) is 46.0 Å². The maximum Gasteiger partial charge on any atom is 0.0939 e. The first-order valence-electron chi connectivity index (χ1n) is 8.26. The molecule has 3 unspecified atom stereocenters. The van der Waals surface area contributed by atoms with Gasteiger partial charge in [0, 0.05) is 31.2 Å². The second-order valence-corrected chi connectivity index (χ2v) is 7.46. The van der Waals surface area contributed by atoms with Gasteiger partial charge >= 0.3 is 0 Å². The number of hydrogen-bond acceptors (Lipinski definition) is 4. The Morgan fingerprint density at radius 1 is 1.25 bits per heavy atom. The van der Waals surface area contributed by atoms with E-state index in [9.17, 15) is 0 Å². The van der Waals surface area contributed by atoms with Gasteiger partial charge in [0.2, 0.25) is 0 Å². The summed E-state index contributed by atoms with van der Waals surface area (Å²) in [5.74, 6) is 0.557. The van der Waals surface area contributed by atoms with Crippen LogP contribution in [-0.2, 0) is 9.47 Å². The van der Waals surface area contributed by atoms with E-state index in [2.05, 4.69) is 18.7 Å². The van der Waals surface area contributed by atoms with Crippen molar-refractivity contribution in [2.24, 2.45) is 11.7 Å². The van der Waals surface area contributed by atoms with Crippen LogP contribution in [0, 0.1) is 5.92 Å². The van der Waals surface area contributed by atoms with Crippen LogP contribution in [0.25, 0.3) is 0 Å². The smallest absolute Gasteiger partial charge is 0.0939 e. The maximum absolute atomic E-state index is 6.72. The molecule has 1 spiro atoms. The highest BCUT2D eigenvalue weighted by Crippen LogP contribution is 2.39. The summed E-state index contributed by atoms with van der Waals surface area (Å²) in [5, 5.41) is 0. The van der Waals surface area contributed by atoms with Crippen LogP contribution in [-0.4, -0.2) is 55.0 Å². The normalized spacial score (nSPS) is 37.6. The molecule has 0 aromatic carbocycles. The second-order valence-electron chi connectivity index (χ2n) is 7.46. The summed E-state index contributed by atoms with van der Waals surface area (Å²) in [6.45, 7) is 9.53. The Kier molecular flexibility index (Phi) is 4.10. The quantitative estimate of drug-likeness (QED) is 0.857. The summed E-state index contributed by atoms with van der Waals surface area (Å²) >= 11 is 0. The zero-order chi connectivity index (χ0) is 14.2. The zero-order valence-corrected chi connectivity index (χ0v) is 13.1. The van der Waals surface area contributed by atoms with Gasteiger partial charge in [0.05, 0.1) is 12.2 Å². The summed E-state index contributed by atoms with van der Waals surface area (Å²) in [7, 11) is 0. The zero-order valence-electron chi connectivity index (χ0n) is 13.1. The van der Waals surface area contributed by atoms with Gasteiger partial charge in [0.25, 0.3) is 0 Å². The molecule has 0 bridgehead atoms. The molecule has 0 aliphatic carbocycles. The molecule has 0 radical (unpaired) electrons. The van der Waals surface area contributed by atoms with E-state index in [0.29, 0.717) is 5.92 Å². The highest BCUT2D eigenvalue weighted by atomic mass is 16.6. The first-order valence-corrected chi connectivity index (χ1v) is 8.26. The topological polar surface area (TPSA) is 47.7 Å². The molecule has 3 fully saturated rings. The van der Waals surface area contributed by atoms with E-state index in [1.54, 1.807) is 0 Å². The number of nitrogens with zero attached hydrogens (tertiary/aromatic N) is 1. The first-order chi connectivity index (χ1) is 9.54. The van der Waals surface area contributed by atoms with Crippen LogP contribution < -0.4 is 5.73 Å². The predicted octanol–water partition coefficient (Wildman–Crippen LogP) is 1.77. The minimum absolute atomic E-state index is 0.0262. The lowest BCUT2D eigenvalue weighted by Crippen LogP contribution is -2.60. The fourth-order valence-electron chi connectivity index (χ4n) is 4.32. The number of hydrogen-bond donors (Lipinski definition) is 1. The summed E-state index contributed by atoms with van der Waals surface area (Å²) in [5.41, 5.74) is 6.79. The number of ether oxygens (including phenoxy) is 2. The van der Waals surface area contributed by atoms with E-state index in [1.807, 2.05) is 0 Å². The fraction of sp³-hybridized carbons (Fsp3) is 1.00. The number of likely N-dealkylation sites (tertiary alicyclic amines) is 1. The van der Waals surface area contributed by atoms with E-state index in [0.717, 1.165) is 39.1 Å². The maximum atomic E-state index is 6.72. The fourth-order valence-corrected chi connectivity index (χ4v) is 4.32. The van der Waals surface area contributed by atoms with E-state index < -0.39 is 0 Å². The third-order valence-corrected chi connectivity index (χ3v) is 5.84. The van der Waals surface area contributed by atoms with Crippen molar-refractivity contribution in [1.29, 1.82) is 0 Å². The van der Waals surface area contributed by atoms with E-state index >= 15 is 0 Å². The summed E-state index contributed by atoms with van der Waals surface area (Å²) in [6, 6.07) is 0.224. The van der Waals surface area contributed by atoms with Crippen molar-refractivity contribution in [1.82, 2.24) is 4.90 Å². The molecule has 0 aromatic rings. The Morgan fingerprint density at radius 2 is 2.00 bits per heavy atom. The Morgan fingerprint density at radius 3 is 2.65 bits per heavy atom. The lowest BCUT2D eigenvalue weighted by molar-refractivity contribution is -0.108. The van der Waals surface area contributed by atoms with E-state index in [1.165, 1.54) is 25.9 Å². The molecule has 2 N–H and O–H groups in total. The molecule has 4 nitrogen and oxygen atoms in total. The largest absolute Gasteiger partial charge is 0.378 e. The van der Waals surface area contributed by atoms with Crippen molar-refractivity contribution < 1.29 is 9.47 Å². The Hall–Kier alpha value is -0.160. The van der Waals surface area contributed by atoms with Crippen LogP contribution in [0.4, 0.5) is 0 Å². The molecular weight excluding hydrogens is 252 g/mol. The Labute approximate surface area is 123 Å². The van der Waals surface area contributed by atoms with Gasteiger partial charge < -0.3 is 15.2 Å². The van der Waals surface area contributed by atoms with Crippen molar-refractivity contribution >= 4 is 0 Å². The summed E-state index contributed by atoms with van der Waals surface area (Å²) in [4.78, 5) is 2.59. The molecule has 20 heavy (non-hydrogen) atoms. The van der Waals surface area contributed by atoms with Gasteiger partial charge in [0.15, 0.2) is 0 Å². The van der Waals surface area contributed by atoms with Crippen LogP contribution >= 0.6 is 0 Å². The van der Waals surface area contributed by atoms with Crippen molar-refractivity contribution in [2.45, 2.75) is 63.1 Å². The van der Waals surface area contributed by atoms with Crippen molar-refractivity contribution in [3.63, 3.8) is 0 Å². The van der Waals surface area contributed by atoms with E-state index in [4.69, 9.17) is 15.2 Å². The Bertz CT molecular complexity index is 333. The van der Waals surface area contributed by atoms with Crippen molar-refractivity contribution in [3.05, 3.63) is 0 Å².